The Morgan fingerprint density at radius 2 is 2.21 bits per heavy atom. The van der Waals surface area contributed by atoms with Crippen LogP contribution >= 0.6 is 11.6 Å². The second-order valence-corrected chi connectivity index (χ2v) is 5.43. The number of hydrogen-bond donors (Lipinski definition) is 1. The third-order valence-electron chi connectivity index (χ3n) is 3.70. The number of nitrogens with one attached hydrogen (secondary N) is 1. The Balaban J connectivity index is 2.07. The summed E-state index contributed by atoms with van der Waals surface area (Å²) in [5.74, 6) is 0.195. The zero-order valence-corrected chi connectivity index (χ0v) is 12.3. The smallest absolute Gasteiger partial charge is 0.240 e. The average Bonchev–Trinajstić information content (AvgIpc) is 2.77. The highest BCUT2D eigenvalue weighted by molar-refractivity contribution is 6.31. The van der Waals surface area contributed by atoms with Gasteiger partial charge in [0.1, 0.15) is 0 Å². The number of rotatable bonds is 5. The molecule has 0 bridgehead atoms. The maximum Gasteiger partial charge on any atom is 0.240 e. The highest BCUT2D eigenvalue weighted by Gasteiger charge is 2.34. The van der Waals surface area contributed by atoms with Crippen molar-refractivity contribution in [3.05, 3.63) is 34.9 Å². The number of amides is 1. The molecule has 1 amide bonds. The second kappa shape index (κ2) is 6.40. The average molecular weight is 281 g/mol. The lowest BCUT2D eigenvalue weighted by molar-refractivity contribution is -0.131. The van der Waals surface area contributed by atoms with Crippen molar-refractivity contribution in [3.63, 3.8) is 0 Å². The SMILES string of the molecule is CCCNC1CCN(C(C)c2ccccc2Cl)C1=O. The van der Waals surface area contributed by atoms with Crippen molar-refractivity contribution in [3.8, 4) is 0 Å². The van der Waals surface area contributed by atoms with Crippen molar-refractivity contribution < 1.29 is 4.79 Å². The zero-order chi connectivity index (χ0) is 13.8. The lowest BCUT2D eigenvalue weighted by atomic mass is 10.1. The number of nitrogens with zero attached hydrogens (tertiary/aromatic N) is 1. The van der Waals surface area contributed by atoms with E-state index in [1.165, 1.54) is 0 Å². The first-order valence-corrected chi connectivity index (χ1v) is 7.31. The Kier molecular flexibility index (Phi) is 4.83. The van der Waals surface area contributed by atoms with Gasteiger partial charge in [0.15, 0.2) is 0 Å². The van der Waals surface area contributed by atoms with E-state index in [9.17, 15) is 4.79 Å². The topological polar surface area (TPSA) is 32.3 Å². The monoisotopic (exact) mass is 280 g/mol. The molecule has 0 saturated carbocycles. The normalized spacial score (nSPS) is 20.9. The van der Waals surface area contributed by atoms with Crippen molar-refractivity contribution in [1.82, 2.24) is 10.2 Å². The van der Waals surface area contributed by atoms with Gasteiger partial charge in [-0.05, 0) is 37.9 Å². The molecule has 0 aliphatic carbocycles. The van der Waals surface area contributed by atoms with Crippen LogP contribution in [0.4, 0.5) is 0 Å². The number of carbonyl (C=O) groups is 1. The molecule has 0 aromatic heterocycles. The molecule has 2 rings (SSSR count). The third-order valence-corrected chi connectivity index (χ3v) is 4.05. The molecule has 1 aromatic carbocycles. The summed E-state index contributed by atoms with van der Waals surface area (Å²) in [4.78, 5) is 14.3. The van der Waals surface area contributed by atoms with E-state index < -0.39 is 0 Å². The van der Waals surface area contributed by atoms with E-state index in [-0.39, 0.29) is 18.0 Å². The molecule has 1 aliphatic heterocycles. The highest BCUT2D eigenvalue weighted by Crippen LogP contribution is 2.30. The second-order valence-electron chi connectivity index (χ2n) is 5.02. The molecule has 1 aliphatic rings. The summed E-state index contributed by atoms with van der Waals surface area (Å²) in [5.41, 5.74) is 1.02. The Morgan fingerprint density at radius 1 is 1.47 bits per heavy atom. The molecule has 2 unspecified atom stereocenters. The van der Waals surface area contributed by atoms with Crippen molar-refractivity contribution in [2.45, 2.75) is 38.8 Å². The molecule has 104 valence electrons. The van der Waals surface area contributed by atoms with Crippen LogP contribution in [0.15, 0.2) is 24.3 Å². The molecule has 1 saturated heterocycles. The first kappa shape index (κ1) is 14.4. The molecule has 3 nitrogen and oxygen atoms in total. The number of carbonyl (C=O) groups excluding carboxylic acids is 1. The van der Waals surface area contributed by atoms with Gasteiger partial charge in [-0.1, -0.05) is 36.7 Å². The molecule has 0 radical (unpaired) electrons. The lowest BCUT2D eigenvalue weighted by Gasteiger charge is -2.26. The standard InChI is InChI=1S/C15H21ClN2O/c1-3-9-17-14-8-10-18(15(14)19)11(2)12-6-4-5-7-13(12)16/h4-7,11,14,17H,3,8-10H2,1-2H3. The first-order valence-electron chi connectivity index (χ1n) is 6.93. The Hall–Kier alpha value is -1.06. The zero-order valence-electron chi connectivity index (χ0n) is 11.5. The van der Waals surface area contributed by atoms with Crippen LogP contribution in [0.2, 0.25) is 5.02 Å². The predicted octanol–water partition coefficient (Wildman–Crippen LogP) is 3.00. The minimum atomic E-state index is -0.0233. The van der Waals surface area contributed by atoms with E-state index in [0.717, 1.165) is 36.5 Å². The van der Waals surface area contributed by atoms with E-state index in [0.29, 0.717) is 0 Å². The molecule has 1 heterocycles. The fourth-order valence-corrected chi connectivity index (χ4v) is 2.87. The Bertz CT molecular complexity index is 450. The molecular weight excluding hydrogens is 260 g/mol. The van der Waals surface area contributed by atoms with E-state index in [1.54, 1.807) is 0 Å². The van der Waals surface area contributed by atoms with Crippen LogP contribution in [0.1, 0.15) is 38.3 Å². The minimum Gasteiger partial charge on any atom is -0.334 e. The van der Waals surface area contributed by atoms with Gasteiger partial charge in [0.25, 0.3) is 0 Å². The number of halogens is 1. The predicted molar refractivity (Wildman–Crippen MR) is 78.3 cm³/mol. The van der Waals surface area contributed by atoms with E-state index in [4.69, 9.17) is 11.6 Å². The highest BCUT2D eigenvalue weighted by atomic mass is 35.5. The van der Waals surface area contributed by atoms with Crippen molar-refractivity contribution in [2.24, 2.45) is 0 Å². The fourth-order valence-electron chi connectivity index (χ4n) is 2.58. The van der Waals surface area contributed by atoms with Crippen LogP contribution < -0.4 is 5.32 Å². The summed E-state index contributed by atoms with van der Waals surface area (Å²) in [6, 6.07) is 7.76. The van der Waals surface area contributed by atoms with Crippen LogP contribution in [0, 0.1) is 0 Å². The van der Waals surface area contributed by atoms with E-state index in [1.807, 2.05) is 36.1 Å². The van der Waals surface area contributed by atoms with Gasteiger partial charge in [0.2, 0.25) is 5.91 Å². The summed E-state index contributed by atoms with van der Waals surface area (Å²) >= 11 is 6.21. The summed E-state index contributed by atoms with van der Waals surface area (Å²) in [6.07, 6.45) is 1.93. The minimum absolute atomic E-state index is 0.0233. The van der Waals surface area contributed by atoms with Gasteiger partial charge >= 0.3 is 0 Å². The molecule has 4 heteroatoms. The van der Waals surface area contributed by atoms with Gasteiger partial charge in [-0.3, -0.25) is 4.79 Å². The van der Waals surface area contributed by atoms with Crippen LogP contribution in [0.5, 0.6) is 0 Å². The van der Waals surface area contributed by atoms with Gasteiger partial charge in [-0.15, -0.1) is 0 Å². The van der Waals surface area contributed by atoms with Crippen molar-refractivity contribution in [2.75, 3.05) is 13.1 Å². The first-order chi connectivity index (χ1) is 9.15. The Morgan fingerprint density at radius 3 is 2.89 bits per heavy atom. The van der Waals surface area contributed by atoms with Crippen LogP contribution in [-0.2, 0) is 4.79 Å². The number of benzene rings is 1. The van der Waals surface area contributed by atoms with Gasteiger partial charge in [0, 0.05) is 11.6 Å². The number of likely N-dealkylation sites (tertiary alicyclic amines) is 1. The summed E-state index contributed by atoms with van der Waals surface area (Å²) < 4.78 is 0. The Labute approximate surface area is 119 Å². The quantitative estimate of drug-likeness (QED) is 0.899. The molecule has 1 N–H and O–H groups in total. The van der Waals surface area contributed by atoms with E-state index >= 15 is 0 Å². The molecule has 1 fully saturated rings. The van der Waals surface area contributed by atoms with Crippen molar-refractivity contribution in [1.29, 1.82) is 0 Å². The van der Waals surface area contributed by atoms with Crippen LogP contribution in [-0.4, -0.2) is 29.9 Å². The van der Waals surface area contributed by atoms with Gasteiger partial charge in [-0.25, -0.2) is 0 Å². The van der Waals surface area contributed by atoms with Crippen LogP contribution in [0.25, 0.3) is 0 Å². The van der Waals surface area contributed by atoms with Gasteiger partial charge in [-0.2, -0.15) is 0 Å². The third kappa shape index (κ3) is 3.10. The maximum absolute atomic E-state index is 12.4. The number of hydrogen-bond acceptors (Lipinski definition) is 2. The largest absolute Gasteiger partial charge is 0.334 e. The molecular formula is C15H21ClN2O. The lowest BCUT2D eigenvalue weighted by Crippen LogP contribution is -2.39. The molecule has 0 spiro atoms. The van der Waals surface area contributed by atoms with E-state index in [2.05, 4.69) is 12.2 Å². The molecule has 2 atom stereocenters. The summed E-state index contributed by atoms with van der Waals surface area (Å²) in [6.45, 7) is 5.84. The maximum atomic E-state index is 12.4. The van der Waals surface area contributed by atoms with Crippen molar-refractivity contribution >= 4 is 17.5 Å². The summed E-state index contributed by atoms with van der Waals surface area (Å²) in [5, 5.41) is 4.04. The molecule has 1 aromatic rings. The van der Waals surface area contributed by atoms with Crippen LogP contribution in [0.3, 0.4) is 0 Å². The summed E-state index contributed by atoms with van der Waals surface area (Å²) in [7, 11) is 0. The fraction of sp³-hybridized carbons (Fsp3) is 0.533. The van der Waals surface area contributed by atoms with Gasteiger partial charge < -0.3 is 10.2 Å². The molecule has 19 heavy (non-hydrogen) atoms. The van der Waals surface area contributed by atoms with Gasteiger partial charge in [0.05, 0.1) is 12.1 Å².